The number of aryl methyl sites for hydroxylation is 7. The lowest BCUT2D eigenvalue weighted by Gasteiger charge is -2.31. The van der Waals surface area contributed by atoms with Crippen LogP contribution in [0.25, 0.3) is 0 Å². The summed E-state index contributed by atoms with van der Waals surface area (Å²) in [7, 11) is 9.85. The molecule has 0 bridgehead atoms. The third kappa shape index (κ3) is 28.6. The van der Waals surface area contributed by atoms with Crippen LogP contribution < -0.4 is 27.0 Å². The predicted octanol–water partition coefficient (Wildman–Crippen LogP) is 10.2. The van der Waals surface area contributed by atoms with Gasteiger partial charge < -0.3 is 4.52 Å². The molecule has 4 N–H and O–H groups in total. The third-order valence-electron chi connectivity index (χ3n) is 25.2. The van der Waals surface area contributed by atoms with Crippen molar-refractivity contribution < 1.29 is 13.9 Å². The van der Waals surface area contributed by atoms with E-state index in [-0.39, 0.29) is 34.5 Å². The average molecular weight is 1720 g/mol. The molecule has 0 aliphatic carbocycles. The van der Waals surface area contributed by atoms with Crippen molar-refractivity contribution in [2.75, 3.05) is 78.5 Å². The van der Waals surface area contributed by atoms with Crippen molar-refractivity contribution >= 4 is 5.71 Å². The van der Waals surface area contributed by atoms with Crippen LogP contribution in [-0.2, 0) is 126 Å². The van der Waals surface area contributed by atoms with Gasteiger partial charge in [-0.1, -0.05) is 52.1 Å². The molecule has 17 heterocycles. The summed E-state index contributed by atoms with van der Waals surface area (Å²) in [6, 6.07) is 5.35. The molecule has 10 aliphatic rings. The molecule has 7 aromatic rings. The first-order chi connectivity index (χ1) is 57.4. The molecule has 10 aliphatic heterocycles. The van der Waals surface area contributed by atoms with Gasteiger partial charge in [-0.05, 0) is 194 Å². The molecular weight excluding hydrogens is 1560 g/mol. The maximum absolute atomic E-state index is 11.5. The van der Waals surface area contributed by atoms with E-state index in [1.54, 1.807) is 15.7 Å². The van der Waals surface area contributed by atoms with Gasteiger partial charge in [-0.2, -0.15) is 25.1 Å². The zero-order valence-corrected chi connectivity index (χ0v) is 80.9. The lowest BCUT2D eigenvalue weighted by atomic mass is 9.98. The van der Waals surface area contributed by atoms with E-state index < -0.39 is 0 Å². The van der Waals surface area contributed by atoms with Crippen LogP contribution in [0.15, 0.2) is 52.0 Å². The summed E-state index contributed by atoms with van der Waals surface area (Å²) < 4.78 is 16.7. The van der Waals surface area contributed by atoms with Crippen LogP contribution in [0, 0.1) is 13.8 Å². The molecule has 0 aromatic carbocycles. The minimum absolute atomic E-state index is 0. The minimum Gasteiger partial charge on any atom is -0.382 e. The van der Waals surface area contributed by atoms with E-state index in [2.05, 4.69) is 271 Å². The summed E-state index contributed by atoms with van der Waals surface area (Å²) in [5.74, 6) is 2.73. The van der Waals surface area contributed by atoms with Crippen molar-refractivity contribution in [3.8, 4) is 0 Å². The molecule has 32 heteroatoms. The summed E-state index contributed by atoms with van der Waals surface area (Å²) in [4.78, 5) is 73.4. The number of nitrogens with zero attached hydrogens (tertiary/aromatic N) is 22. The maximum Gasteiger partial charge on any atom is 0.343 e. The Bertz CT molecular complexity index is 4530. The third-order valence-corrected chi connectivity index (χ3v) is 25.2. The van der Waals surface area contributed by atoms with Gasteiger partial charge in [-0.15, -0.1) is 0 Å². The summed E-state index contributed by atoms with van der Waals surface area (Å²) >= 11 is 0. The van der Waals surface area contributed by atoms with E-state index in [1.165, 1.54) is 84.3 Å². The molecule has 123 heavy (non-hydrogen) atoms. The van der Waals surface area contributed by atoms with Gasteiger partial charge in [0.25, 0.3) is 16.7 Å². The van der Waals surface area contributed by atoms with Crippen molar-refractivity contribution in [2.24, 2.45) is 40.2 Å². The van der Waals surface area contributed by atoms with E-state index >= 15 is 0 Å². The monoisotopic (exact) mass is 1720 g/mol. The second-order valence-electron chi connectivity index (χ2n) is 35.7. The fourth-order valence-electron chi connectivity index (χ4n) is 16.9. The Kier molecular flexibility index (Phi) is 42.9. The topological polar surface area (TPSA) is 284 Å². The van der Waals surface area contributed by atoms with E-state index in [0.717, 1.165) is 189 Å². The number of aromatic amines is 4. The highest BCUT2D eigenvalue weighted by Gasteiger charge is 2.32. The lowest BCUT2D eigenvalue weighted by molar-refractivity contribution is -0.790. The van der Waals surface area contributed by atoms with E-state index in [1.807, 2.05) is 72.4 Å². The van der Waals surface area contributed by atoms with Crippen LogP contribution in [0.1, 0.15) is 259 Å². The fourth-order valence-corrected chi connectivity index (χ4v) is 16.9. The molecule has 0 fully saturated rings. The number of fused-ring (bicyclic) bond motifs is 7. The molecule has 0 radical (unpaired) electrons. The number of nitrogens with one attached hydrogen (secondary N) is 4. The Morgan fingerprint density at radius 2 is 0.886 bits per heavy atom. The molecular formula is C91H166FN26O5+. The van der Waals surface area contributed by atoms with Crippen molar-refractivity contribution in [2.45, 2.75) is 339 Å². The Labute approximate surface area is 736 Å². The number of hydrogen-bond acceptors (Lipinski definition) is 20. The second kappa shape index (κ2) is 49.9. The summed E-state index contributed by atoms with van der Waals surface area (Å²) in [6.45, 7) is 75.3. The molecule has 0 saturated carbocycles. The second-order valence-corrected chi connectivity index (χ2v) is 35.7. The van der Waals surface area contributed by atoms with Crippen LogP contribution in [0.3, 0.4) is 0 Å². The van der Waals surface area contributed by atoms with E-state index in [0.29, 0.717) is 48.3 Å². The molecule has 0 atom stereocenters. The number of rotatable bonds is 9. The Morgan fingerprint density at radius 1 is 0.431 bits per heavy atom. The molecule has 0 unspecified atom stereocenters. The molecule has 0 saturated heterocycles. The standard InChI is InChI=1S/2C11H19N3.C11H18N2.2C10H17N3O.C9H14N2O2.C8H16N5.C8H14N4O.C8H15N.2C2H6.CH4.FH/c1-8(2)14-6-5-11-10(7-14)9(3)12-13(11)4;1-8(2)14-6-5-10-9(3)12-13(4)11(10)7-14;1-8(2)13-5-4-11-9(3)12-6-10(11)7-13;1-7(2)13-5-4-9-8(6-13)10(14)11-12(9)3;1-7(2)13-5-4-8-9(6-13)12(3)11-10(8)14;1-6(2)11-4-3-7-8(5-11)13-10-9(7)12;1-7(2)12-4-5-13-8(6-12)9-10-11(13)3;1-6(2)11-3-4-12-7(5-11)9-10-8(12)13;1-8(2)9-6-4-3-5-7-9;2*1-2;;/h2*8H,5-7H2,1-4H3;8H,4-7H2,1-3H3;2*7H,4-6H2,1-3H3,(H,11,14);6H,3-5H2,1-2H3,(H,10,12);7H,4-6H2,1-3H3;6H,3-5H2,1-2H3,(H,10,13);3-4,8H,5-7H2,1-2H3;2*1-2H3;1H4;1H/q;;;;;;+1;;;;;;. The van der Waals surface area contributed by atoms with Gasteiger partial charge in [0.05, 0.1) is 67.1 Å². The molecule has 0 amide bonds. The first-order valence-corrected chi connectivity index (χ1v) is 45.6. The summed E-state index contributed by atoms with van der Waals surface area (Å²) in [5.41, 5.74) is 17.7. The fraction of sp³-hybridized carbons (Fsp3) is 0.747. The molecule has 7 aromatic heterocycles. The largest absolute Gasteiger partial charge is 0.382 e. The smallest absolute Gasteiger partial charge is 0.343 e. The summed E-state index contributed by atoms with van der Waals surface area (Å²) in [6.07, 6.45) is 11.9. The highest BCUT2D eigenvalue weighted by atomic mass is 19.0. The number of H-pyrrole nitrogens is 4. The molecule has 696 valence electrons. The van der Waals surface area contributed by atoms with Crippen LogP contribution >= 0.6 is 0 Å². The average Bonchev–Trinajstić information content (AvgIpc) is 1.65. The van der Waals surface area contributed by atoms with E-state index in [4.69, 9.17) is 4.52 Å². The number of hydrogen-bond donors (Lipinski definition) is 4. The van der Waals surface area contributed by atoms with Crippen molar-refractivity contribution in [1.82, 2.24) is 118 Å². The zero-order chi connectivity index (χ0) is 89.5. The number of aromatic nitrogens is 16. The quantitative estimate of drug-likeness (QED) is 0.0772. The molecule has 17 rings (SSSR count). The predicted molar refractivity (Wildman–Crippen MR) is 497 cm³/mol. The van der Waals surface area contributed by atoms with Crippen molar-refractivity contribution in [3.05, 3.63) is 144 Å². The Balaban J connectivity index is 0.000000244. The first kappa shape index (κ1) is 106. The van der Waals surface area contributed by atoms with Gasteiger partial charge in [0, 0.05) is 228 Å². The van der Waals surface area contributed by atoms with Gasteiger partial charge in [0.1, 0.15) is 17.5 Å². The Hall–Kier alpha value is -7.82. The maximum atomic E-state index is 11.5. The Morgan fingerprint density at radius 3 is 1.44 bits per heavy atom. The van der Waals surface area contributed by atoms with Crippen molar-refractivity contribution in [1.29, 1.82) is 0 Å². The van der Waals surface area contributed by atoms with E-state index in [9.17, 15) is 19.2 Å². The zero-order valence-electron chi connectivity index (χ0n) is 80.9. The SMILES string of the molecule is C.CC.CC.CC(C)N1CC=CCC1.CC(C)N1CC[n+]2c(nnn2C)C1.CC(C)N1CCc2c(c(=O)[nH]n2C)C1.CC(C)N1CCc2c(n(C)[nH]c2=O)C1.CC(C)N1CCc2c(o[nH]c2=O)C1.CC(C)N1CCn2c(n[nH]c2=O)C1.CC1=NCC2=C1CCN(C(C)C)C2.Cc1nn(C)c2c1CCN(C(C)C)C2.Cc1nn(C)c2c1CN(C(C)C)CC2.F. The van der Waals surface area contributed by atoms with Crippen molar-refractivity contribution in [3.63, 3.8) is 0 Å². The van der Waals surface area contributed by atoms with Gasteiger partial charge in [0.15, 0.2) is 11.0 Å². The highest BCUT2D eigenvalue weighted by Crippen LogP contribution is 2.28. The van der Waals surface area contributed by atoms with Crippen LogP contribution in [-0.4, -0.2) is 257 Å². The van der Waals surface area contributed by atoms with Crippen LogP contribution in [0.2, 0.25) is 0 Å². The highest BCUT2D eigenvalue weighted by molar-refractivity contribution is 6.01. The van der Waals surface area contributed by atoms with Gasteiger partial charge in [-0.3, -0.25) is 102 Å². The van der Waals surface area contributed by atoms with Gasteiger partial charge >= 0.3 is 11.5 Å². The minimum atomic E-state index is -0.0848. The number of halogens is 1. The number of tetrazole rings is 1. The molecule has 0 spiro atoms. The van der Waals surface area contributed by atoms with Crippen LogP contribution in [0.5, 0.6) is 0 Å². The lowest BCUT2D eigenvalue weighted by Crippen LogP contribution is -2.55. The molecule has 31 nitrogen and oxygen atoms in total. The normalized spacial score (nSPS) is 17.8. The first-order valence-electron chi connectivity index (χ1n) is 45.6. The van der Waals surface area contributed by atoms with Gasteiger partial charge in [-0.25, -0.2) is 9.89 Å². The van der Waals surface area contributed by atoms with Gasteiger partial charge in [0.2, 0.25) is 0 Å². The number of aliphatic imine (C=N–C) groups is 1. The van der Waals surface area contributed by atoms with Crippen LogP contribution in [0.4, 0.5) is 4.70 Å². The summed E-state index contributed by atoms with van der Waals surface area (Å²) in [5, 5.41) is 31.5.